The van der Waals surface area contributed by atoms with E-state index in [4.69, 9.17) is 0 Å². The number of unbranched alkanes of at least 4 members (excludes halogenated alkanes) is 4. The normalized spacial score (nSPS) is 11.2. The van der Waals surface area contributed by atoms with Crippen molar-refractivity contribution in [2.75, 3.05) is 0 Å². The molecule has 1 aromatic heterocycles. The molecular formula is C15H27N. The van der Waals surface area contributed by atoms with Gasteiger partial charge in [-0.1, -0.05) is 46.5 Å². The molecule has 1 N–H and O–H groups in total. The molecule has 0 fully saturated rings. The van der Waals surface area contributed by atoms with Crippen molar-refractivity contribution in [3.8, 4) is 0 Å². The van der Waals surface area contributed by atoms with Crippen LogP contribution in [0.4, 0.5) is 0 Å². The summed E-state index contributed by atoms with van der Waals surface area (Å²) in [4.78, 5) is 3.26. The van der Waals surface area contributed by atoms with E-state index in [0.717, 1.165) is 5.92 Å². The van der Waals surface area contributed by atoms with Gasteiger partial charge in [-0.15, -0.1) is 0 Å². The van der Waals surface area contributed by atoms with E-state index in [1.54, 1.807) is 5.56 Å². The van der Waals surface area contributed by atoms with Crippen LogP contribution in [0.3, 0.4) is 0 Å². The number of hydrogen-bond donors (Lipinski definition) is 1. The lowest BCUT2D eigenvalue weighted by Gasteiger charge is -2.06. The van der Waals surface area contributed by atoms with Gasteiger partial charge in [0.25, 0.3) is 0 Å². The van der Waals surface area contributed by atoms with E-state index < -0.39 is 0 Å². The minimum absolute atomic E-state index is 0.759. The third-order valence-corrected chi connectivity index (χ3v) is 3.11. The zero-order valence-electron chi connectivity index (χ0n) is 11.2. The summed E-state index contributed by atoms with van der Waals surface area (Å²) in [6.45, 7) is 6.85. The Hall–Kier alpha value is -0.720. The molecule has 16 heavy (non-hydrogen) atoms. The lowest BCUT2D eigenvalue weighted by Crippen LogP contribution is -1.96. The molecule has 0 bridgehead atoms. The topological polar surface area (TPSA) is 15.8 Å². The lowest BCUT2D eigenvalue weighted by atomic mass is 9.98. The van der Waals surface area contributed by atoms with Crippen molar-refractivity contribution in [3.05, 3.63) is 23.5 Å². The zero-order valence-corrected chi connectivity index (χ0v) is 11.2. The first kappa shape index (κ1) is 13.3. The zero-order chi connectivity index (χ0) is 11.8. The van der Waals surface area contributed by atoms with Gasteiger partial charge in [0.1, 0.15) is 0 Å². The molecule has 0 saturated heterocycles. The number of aryl methyl sites for hydroxylation is 1. The summed E-state index contributed by atoms with van der Waals surface area (Å²) in [5.74, 6) is 0.759. The first-order valence-corrected chi connectivity index (χ1v) is 6.88. The lowest BCUT2D eigenvalue weighted by molar-refractivity contribution is 0.621. The van der Waals surface area contributed by atoms with Gasteiger partial charge in [-0.05, 0) is 36.3 Å². The molecule has 92 valence electrons. The molecule has 0 aliphatic carbocycles. The third kappa shape index (κ3) is 4.87. The van der Waals surface area contributed by atoms with E-state index in [1.165, 1.54) is 50.5 Å². The van der Waals surface area contributed by atoms with Gasteiger partial charge < -0.3 is 4.98 Å². The summed E-state index contributed by atoms with van der Waals surface area (Å²) in [7, 11) is 0. The van der Waals surface area contributed by atoms with E-state index in [0.29, 0.717) is 0 Å². The highest BCUT2D eigenvalue weighted by Crippen LogP contribution is 2.16. The molecular weight excluding hydrogens is 194 g/mol. The number of nitrogens with one attached hydrogen (secondary N) is 1. The van der Waals surface area contributed by atoms with Crippen LogP contribution in [0.2, 0.25) is 0 Å². The second-order valence-corrected chi connectivity index (χ2v) is 5.27. The summed E-state index contributed by atoms with van der Waals surface area (Å²) in [6.07, 6.45) is 13.7. The summed E-state index contributed by atoms with van der Waals surface area (Å²) < 4.78 is 0. The molecule has 0 amide bonds. The second kappa shape index (κ2) is 7.54. The van der Waals surface area contributed by atoms with Crippen LogP contribution >= 0.6 is 0 Å². The Labute approximate surface area is 101 Å². The molecule has 1 aromatic rings. The van der Waals surface area contributed by atoms with Gasteiger partial charge in [0, 0.05) is 12.4 Å². The maximum atomic E-state index is 3.26. The fraction of sp³-hybridized carbons (Fsp3) is 0.733. The summed E-state index contributed by atoms with van der Waals surface area (Å²) in [5, 5.41) is 0. The van der Waals surface area contributed by atoms with E-state index >= 15 is 0 Å². The van der Waals surface area contributed by atoms with Crippen LogP contribution in [0.15, 0.2) is 12.4 Å². The quantitative estimate of drug-likeness (QED) is 0.611. The number of hydrogen-bond acceptors (Lipinski definition) is 0. The number of aromatic amines is 1. The molecule has 0 atom stereocenters. The molecule has 1 nitrogen and oxygen atoms in total. The van der Waals surface area contributed by atoms with Crippen molar-refractivity contribution < 1.29 is 0 Å². The molecule has 0 spiro atoms. The smallest absolute Gasteiger partial charge is 0.00403 e. The largest absolute Gasteiger partial charge is 0.367 e. The highest BCUT2D eigenvalue weighted by atomic mass is 14.6. The van der Waals surface area contributed by atoms with Gasteiger partial charge >= 0.3 is 0 Å². The third-order valence-electron chi connectivity index (χ3n) is 3.11. The molecule has 0 aromatic carbocycles. The van der Waals surface area contributed by atoms with Crippen LogP contribution in [0.25, 0.3) is 0 Å². The van der Waals surface area contributed by atoms with Gasteiger partial charge in [-0.2, -0.15) is 0 Å². The Bertz CT molecular complexity index is 273. The Morgan fingerprint density at radius 1 is 1.00 bits per heavy atom. The van der Waals surface area contributed by atoms with E-state index in [1.807, 2.05) is 0 Å². The average Bonchev–Trinajstić information content (AvgIpc) is 2.64. The van der Waals surface area contributed by atoms with Crippen LogP contribution < -0.4 is 0 Å². The Balaban J connectivity index is 2.27. The van der Waals surface area contributed by atoms with E-state index in [9.17, 15) is 0 Å². The highest BCUT2D eigenvalue weighted by Gasteiger charge is 2.05. The predicted octanol–water partition coefficient (Wildman–Crippen LogP) is 4.73. The van der Waals surface area contributed by atoms with Gasteiger partial charge in [-0.3, -0.25) is 0 Å². The first-order valence-electron chi connectivity index (χ1n) is 6.88. The maximum Gasteiger partial charge on any atom is 0.00403 e. The van der Waals surface area contributed by atoms with Gasteiger partial charge in [-0.25, -0.2) is 0 Å². The van der Waals surface area contributed by atoms with Gasteiger partial charge in [0.15, 0.2) is 0 Å². The van der Waals surface area contributed by atoms with Crippen molar-refractivity contribution in [1.82, 2.24) is 4.98 Å². The molecule has 1 rings (SSSR count). The van der Waals surface area contributed by atoms with Crippen LogP contribution in [0.1, 0.15) is 64.0 Å². The number of rotatable bonds is 8. The minimum atomic E-state index is 0.759. The summed E-state index contributed by atoms with van der Waals surface area (Å²) in [5.41, 5.74) is 3.08. The minimum Gasteiger partial charge on any atom is -0.367 e. The fourth-order valence-corrected chi connectivity index (χ4v) is 2.21. The van der Waals surface area contributed by atoms with E-state index in [2.05, 4.69) is 38.1 Å². The Morgan fingerprint density at radius 2 is 1.69 bits per heavy atom. The monoisotopic (exact) mass is 221 g/mol. The molecule has 1 heteroatoms. The van der Waals surface area contributed by atoms with E-state index in [-0.39, 0.29) is 0 Å². The second-order valence-electron chi connectivity index (χ2n) is 5.27. The number of H-pyrrole nitrogens is 1. The average molecular weight is 221 g/mol. The fourth-order valence-electron chi connectivity index (χ4n) is 2.21. The summed E-state index contributed by atoms with van der Waals surface area (Å²) >= 11 is 0. The van der Waals surface area contributed by atoms with Crippen molar-refractivity contribution in [2.45, 2.75) is 65.7 Å². The highest BCUT2D eigenvalue weighted by molar-refractivity contribution is 5.23. The van der Waals surface area contributed by atoms with Crippen molar-refractivity contribution in [3.63, 3.8) is 0 Å². The van der Waals surface area contributed by atoms with Crippen LogP contribution in [-0.2, 0) is 12.8 Å². The standard InChI is InChI=1S/C15H27N/c1-4-5-6-7-8-9-14-11-16-12-15(14)10-13(2)3/h11-13,16H,4-10H2,1-3H3. The Morgan fingerprint density at radius 3 is 2.38 bits per heavy atom. The van der Waals surface area contributed by atoms with Crippen LogP contribution in [0, 0.1) is 5.92 Å². The van der Waals surface area contributed by atoms with Crippen LogP contribution in [-0.4, -0.2) is 4.98 Å². The summed E-state index contributed by atoms with van der Waals surface area (Å²) in [6, 6.07) is 0. The van der Waals surface area contributed by atoms with Gasteiger partial charge in [0.2, 0.25) is 0 Å². The SMILES string of the molecule is CCCCCCCc1c[nH]cc1CC(C)C. The molecule has 0 aliphatic rings. The first-order chi connectivity index (χ1) is 7.74. The van der Waals surface area contributed by atoms with Gasteiger partial charge in [0.05, 0.1) is 0 Å². The maximum absolute atomic E-state index is 3.26. The molecule has 1 heterocycles. The Kier molecular flexibility index (Phi) is 6.29. The molecule has 0 aliphatic heterocycles. The molecule has 0 unspecified atom stereocenters. The van der Waals surface area contributed by atoms with Crippen molar-refractivity contribution >= 4 is 0 Å². The van der Waals surface area contributed by atoms with Crippen molar-refractivity contribution in [1.29, 1.82) is 0 Å². The van der Waals surface area contributed by atoms with Crippen molar-refractivity contribution in [2.24, 2.45) is 5.92 Å². The number of aromatic nitrogens is 1. The van der Waals surface area contributed by atoms with Crippen LogP contribution in [0.5, 0.6) is 0 Å². The predicted molar refractivity (Wildman–Crippen MR) is 71.8 cm³/mol. The molecule has 0 saturated carbocycles. The molecule has 0 radical (unpaired) electrons.